The molecule has 1 saturated carbocycles. The number of nitrogens with zero attached hydrogens (tertiary/aromatic N) is 2. The Bertz CT molecular complexity index is 718. The molecule has 1 heterocycles. The average molecular weight is 328 g/mol. The second-order valence-electron chi connectivity index (χ2n) is 7.69. The van der Waals surface area contributed by atoms with E-state index in [9.17, 15) is 4.39 Å². The van der Waals surface area contributed by atoms with Crippen molar-refractivity contribution in [2.24, 2.45) is 16.5 Å². The second-order valence-corrected chi connectivity index (χ2v) is 7.69. The second kappa shape index (κ2) is 6.88. The third kappa shape index (κ3) is 3.74. The zero-order valence-corrected chi connectivity index (χ0v) is 14.6. The summed E-state index contributed by atoms with van der Waals surface area (Å²) in [5.41, 5.74) is 1.90. The fourth-order valence-electron chi connectivity index (χ4n) is 3.39. The minimum atomic E-state index is -0.953. The molecule has 0 bridgehead atoms. The summed E-state index contributed by atoms with van der Waals surface area (Å²) < 4.78 is 14.4. The van der Waals surface area contributed by atoms with Gasteiger partial charge in [-0.15, -0.1) is 0 Å². The van der Waals surface area contributed by atoms with Crippen LogP contribution in [-0.2, 0) is 4.84 Å². The molecule has 0 saturated heterocycles. The van der Waals surface area contributed by atoms with Crippen LogP contribution >= 0.6 is 0 Å². The van der Waals surface area contributed by atoms with E-state index in [2.05, 4.69) is 30.9 Å². The van der Waals surface area contributed by atoms with Crippen LogP contribution in [0.5, 0.6) is 0 Å². The van der Waals surface area contributed by atoms with E-state index in [4.69, 9.17) is 4.84 Å². The van der Waals surface area contributed by atoms with Crippen molar-refractivity contribution >= 4 is 17.1 Å². The van der Waals surface area contributed by atoms with Crippen molar-refractivity contribution in [3.8, 4) is 0 Å². The van der Waals surface area contributed by atoms with E-state index < -0.39 is 12.3 Å². The van der Waals surface area contributed by atoms with Crippen LogP contribution in [0, 0.1) is 11.3 Å². The Morgan fingerprint density at radius 3 is 2.75 bits per heavy atom. The molecule has 24 heavy (non-hydrogen) atoms. The zero-order chi connectivity index (χ0) is 17.2. The van der Waals surface area contributed by atoms with Gasteiger partial charge in [-0.25, -0.2) is 4.39 Å². The lowest BCUT2D eigenvalue weighted by atomic mass is 9.71. The van der Waals surface area contributed by atoms with E-state index in [-0.39, 0.29) is 5.41 Å². The molecule has 1 fully saturated rings. The summed E-state index contributed by atoms with van der Waals surface area (Å²) >= 11 is 0. The largest absolute Gasteiger partial charge is 0.389 e. The Morgan fingerprint density at radius 2 is 2.00 bits per heavy atom. The molecule has 0 radical (unpaired) electrons. The number of oxime groups is 1. The van der Waals surface area contributed by atoms with Crippen molar-refractivity contribution in [3.63, 3.8) is 0 Å². The number of para-hydroxylation sites is 1. The maximum absolute atomic E-state index is 14.4. The molecule has 0 amide bonds. The fraction of sp³-hybridized carbons (Fsp3) is 0.500. The first-order valence-electron chi connectivity index (χ1n) is 8.62. The molecular weight excluding hydrogens is 303 g/mol. The van der Waals surface area contributed by atoms with Gasteiger partial charge in [0.2, 0.25) is 0 Å². The molecule has 128 valence electrons. The number of aromatic nitrogens is 1. The topological polar surface area (TPSA) is 34.5 Å². The third-order valence-electron chi connectivity index (χ3n) is 4.99. The lowest BCUT2D eigenvalue weighted by Crippen LogP contribution is -2.36. The first-order chi connectivity index (χ1) is 11.4. The summed E-state index contributed by atoms with van der Waals surface area (Å²) in [6.07, 6.45) is 4.26. The Kier molecular flexibility index (Phi) is 4.83. The number of benzene rings is 1. The van der Waals surface area contributed by atoms with Crippen LogP contribution in [0.4, 0.5) is 4.39 Å². The van der Waals surface area contributed by atoms with Crippen LogP contribution in [0.15, 0.2) is 41.7 Å². The predicted octanol–water partition coefficient (Wildman–Crippen LogP) is 5.14. The van der Waals surface area contributed by atoms with Gasteiger partial charge in [0.1, 0.15) is 6.17 Å². The van der Waals surface area contributed by atoms with Crippen molar-refractivity contribution in [3.05, 3.63) is 42.1 Å². The summed E-state index contributed by atoms with van der Waals surface area (Å²) in [4.78, 5) is 9.85. The van der Waals surface area contributed by atoms with Crippen molar-refractivity contribution in [2.75, 3.05) is 0 Å². The highest BCUT2D eigenvalue weighted by Gasteiger charge is 2.37. The van der Waals surface area contributed by atoms with Crippen LogP contribution < -0.4 is 0 Å². The normalized spacial score (nSPS) is 25.2. The van der Waals surface area contributed by atoms with E-state index in [0.717, 1.165) is 22.9 Å². The van der Waals surface area contributed by atoms with Gasteiger partial charge in [-0.3, -0.25) is 4.98 Å². The minimum Gasteiger partial charge on any atom is -0.389 e. The maximum atomic E-state index is 14.4. The molecule has 4 heteroatoms. The summed E-state index contributed by atoms with van der Waals surface area (Å²) in [6, 6.07) is 9.81. The van der Waals surface area contributed by atoms with E-state index in [1.807, 2.05) is 30.3 Å². The number of rotatable bonds is 3. The quantitative estimate of drug-likeness (QED) is 0.577. The monoisotopic (exact) mass is 328 g/mol. The number of fused-ring (bicyclic) bond motifs is 1. The third-order valence-corrected chi connectivity index (χ3v) is 4.99. The number of alkyl halides is 1. The molecule has 1 aliphatic carbocycles. The van der Waals surface area contributed by atoms with Gasteiger partial charge in [0.05, 0.1) is 11.7 Å². The van der Waals surface area contributed by atoms with E-state index >= 15 is 0 Å². The van der Waals surface area contributed by atoms with Gasteiger partial charge in [0.15, 0.2) is 6.10 Å². The molecule has 0 aliphatic heterocycles. The molecule has 1 aromatic heterocycles. The highest BCUT2D eigenvalue weighted by Crippen LogP contribution is 2.39. The first-order valence-corrected chi connectivity index (χ1v) is 8.62. The summed E-state index contributed by atoms with van der Waals surface area (Å²) in [5, 5.41) is 5.10. The minimum absolute atomic E-state index is 0.146. The first kappa shape index (κ1) is 16.9. The number of halogens is 1. The summed E-state index contributed by atoms with van der Waals surface area (Å²) in [6.45, 7) is 6.53. The molecule has 3 atom stereocenters. The predicted molar refractivity (Wildman–Crippen MR) is 95.9 cm³/mol. The molecule has 3 rings (SSSR count). The van der Waals surface area contributed by atoms with Gasteiger partial charge in [-0.05, 0) is 36.7 Å². The van der Waals surface area contributed by atoms with Gasteiger partial charge in [0, 0.05) is 17.1 Å². The number of hydrogen-bond acceptors (Lipinski definition) is 3. The molecule has 1 aliphatic rings. The summed E-state index contributed by atoms with van der Waals surface area (Å²) in [5.74, 6) is 0.401. The Hall–Kier alpha value is -1.97. The smallest absolute Gasteiger partial charge is 0.158 e. The average Bonchev–Trinajstić information content (AvgIpc) is 2.55. The zero-order valence-electron chi connectivity index (χ0n) is 14.6. The van der Waals surface area contributed by atoms with Gasteiger partial charge in [-0.1, -0.05) is 50.2 Å². The molecule has 0 N–H and O–H groups in total. The van der Waals surface area contributed by atoms with Crippen LogP contribution in [-0.4, -0.2) is 23.5 Å². The van der Waals surface area contributed by atoms with Crippen molar-refractivity contribution < 1.29 is 9.23 Å². The molecule has 1 aromatic carbocycles. The Morgan fingerprint density at radius 1 is 1.21 bits per heavy atom. The highest BCUT2D eigenvalue weighted by molar-refractivity contribution is 5.97. The van der Waals surface area contributed by atoms with Gasteiger partial charge < -0.3 is 4.84 Å². The SMILES string of the molecule is CC(C)(C)C1CC[C@@H](O/N=C/c2cccc3cccnc23)[C@H](F)C1. The fourth-order valence-corrected chi connectivity index (χ4v) is 3.39. The van der Waals surface area contributed by atoms with Crippen LogP contribution in [0.3, 0.4) is 0 Å². The Balaban J connectivity index is 1.64. The van der Waals surface area contributed by atoms with Crippen LogP contribution in [0.25, 0.3) is 10.9 Å². The molecule has 2 aromatic rings. The van der Waals surface area contributed by atoms with Crippen molar-refractivity contribution in [1.82, 2.24) is 4.98 Å². The van der Waals surface area contributed by atoms with E-state index in [1.54, 1.807) is 12.4 Å². The molecule has 0 spiro atoms. The molecular formula is C20H25FN2O. The van der Waals surface area contributed by atoms with Gasteiger partial charge >= 0.3 is 0 Å². The van der Waals surface area contributed by atoms with Crippen molar-refractivity contribution in [2.45, 2.75) is 52.3 Å². The summed E-state index contributed by atoms with van der Waals surface area (Å²) in [7, 11) is 0. The lowest BCUT2D eigenvalue weighted by molar-refractivity contribution is -0.0472. The highest BCUT2D eigenvalue weighted by atomic mass is 19.1. The molecule has 1 unspecified atom stereocenters. The van der Waals surface area contributed by atoms with Gasteiger partial charge in [-0.2, -0.15) is 0 Å². The standard InChI is InChI=1S/C20H25FN2O/c1-20(2,3)16-9-10-18(17(21)12-16)24-23-13-15-7-4-6-14-8-5-11-22-19(14)15/h4-8,11,13,16-18H,9-10,12H2,1-3H3/b23-13+/t16?,17-,18-/m1/s1. The van der Waals surface area contributed by atoms with E-state index in [1.165, 1.54) is 0 Å². The van der Waals surface area contributed by atoms with Crippen LogP contribution in [0.2, 0.25) is 0 Å². The molecule has 3 nitrogen and oxygen atoms in total. The Labute approximate surface area is 142 Å². The van der Waals surface area contributed by atoms with Gasteiger partial charge in [0.25, 0.3) is 0 Å². The van der Waals surface area contributed by atoms with Crippen molar-refractivity contribution in [1.29, 1.82) is 0 Å². The van der Waals surface area contributed by atoms with Crippen LogP contribution in [0.1, 0.15) is 45.6 Å². The van der Waals surface area contributed by atoms with E-state index in [0.29, 0.717) is 18.8 Å². The number of hydrogen-bond donors (Lipinski definition) is 0. The number of pyridine rings is 1. The lowest BCUT2D eigenvalue weighted by Gasteiger charge is -2.37. The maximum Gasteiger partial charge on any atom is 0.158 e.